The minimum Gasteiger partial charge on any atom is -0.354 e. The van der Waals surface area contributed by atoms with Crippen molar-refractivity contribution in [2.24, 2.45) is 0 Å². The molecule has 3 nitrogen and oxygen atoms in total. The molecule has 1 aliphatic carbocycles. The monoisotopic (exact) mass is 280 g/mol. The first-order chi connectivity index (χ1) is 9.15. The first-order valence-electron chi connectivity index (χ1n) is 7.17. The van der Waals surface area contributed by atoms with E-state index in [1.807, 2.05) is 0 Å². The number of thiophene rings is 1. The van der Waals surface area contributed by atoms with E-state index < -0.39 is 0 Å². The Hall–Kier alpha value is -0.870. The Balaban J connectivity index is 1.67. The summed E-state index contributed by atoms with van der Waals surface area (Å²) >= 11 is 1.77. The van der Waals surface area contributed by atoms with E-state index in [4.69, 9.17) is 0 Å². The van der Waals surface area contributed by atoms with E-state index >= 15 is 0 Å². The average molecular weight is 280 g/mol. The number of hydrogen-bond acceptors (Lipinski definition) is 3. The zero-order chi connectivity index (χ0) is 13.7. The zero-order valence-corrected chi connectivity index (χ0v) is 12.6. The van der Waals surface area contributed by atoms with E-state index in [1.54, 1.807) is 18.3 Å². The van der Waals surface area contributed by atoms with Gasteiger partial charge in [0, 0.05) is 25.6 Å². The molecule has 19 heavy (non-hydrogen) atoms. The molecule has 1 aromatic rings. The molecular weight excluding hydrogens is 256 g/mol. The van der Waals surface area contributed by atoms with Crippen molar-refractivity contribution in [2.75, 3.05) is 6.54 Å². The number of amides is 1. The molecule has 0 saturated heterocycles. The molecule has 0 aliphatic heterocycles. The second-order valence-corrected chi connectivity index (χ2v) is 6.40. The van der Waals surface area contributed by atoms with Gasteiger partial charge in [-0.3, -0.25) is 4.79 Å². The maximum atomic E-state index is 11.0. The molecule has 1 saturated carbocycles. The quantitative estimate of drug-likeness (QED) is 0.871. The van der Waals surface area contributed by atoms with Crippen LogP contribution in [0, 0.1) is 0 Å². The Morgan fingerprint density at radius 1 is 1.37 bits per heavy atom. The maximum absolute atomic E-state index is 11.0. The topological polar surface area (TPSA) is 41.1 Å². The molecule has 0 bridgehead atoms. The molecule has 1 atom stereocenters. The largest absolute Gasteiger partial charge is 0.354 e. The van der Waals surface area contributed by atoms with Gasteiger partial charge in [0.25, 0.3) is 0 Å². The van der Waals surface area contributed by atoms with Gasteiger partial charge in [-0.15, -0.1) is 0 Å². The molecule has 1 amide bonds. The summed E-state index contributed by atoms with van der Waals surface area (Å²) in [5.41, 5.74) is 1.43. The third-order valence-corrected chi connectivity index (χ3v) is 4.66. The number of nitrogens with one attached hydrogen (secondary N) is 2. The highest BCUT2D eigenvalue weighted by Crippen LogP contribution is 2.21. The van der Waals surface area contributed by atoms with Crippen LogP contribution in [0.5, 0.6) is 0 Å². The Bertz CT molecular complexity index is 383. The van der Waals surface area contributed by atoms with Crippen LogP contribution in [0.1, 0.15) is 51.0 Å². The normalized spacial score (nSPS) is 24.9. The maximum Gasteiger partial charge on any atom is 0.217 e. The molecule has 0 spiro atoms. The highest BCUT2D eigenvalue weighted by atomic mass is 32.1. The van der Waals surface area contributed by atoms with Gasteiger partial charge >= 0.3 is 0 Å². The fourth-order valence-corrected chi connectivity index (χ4v) is 3.53. The second-order valence-electron chi connectivity index (χ2n) is 5.62. The van der Waals surface area contributed by atoms with Gasteiger partial charge in [0.15, 0.2) is 0 Å². The van der Waals surface area contributed by atoms with Crippen LogP contribution in [0.15, 0.2) is 16.8 Å². The average Bonchev–Trinajstić information content (AvgIpc) is 2.91. The molecule has 0 radical (unpaired) electrons. The van der Waals surface area contributed by atoms with Crippen LogP contribution in [0.4, 0.5) is 0 Å². The summed E-state index contributed by atoms with van der Waals surface area (Å²) in [6.07, 6.45) is 4.54. The van der Waals surface area contributed by atoms with Gasteiger partial charge in [-0.25, -0.2) is 0 Å². The fourth-order valence-electron chi connectivity index (χ4n) is 2.75. The molecule has 1 aliphatic rings. The van der Waals surface area contributed by atoms with Crippen molar-refractivity contribution in [3.05, 3.63) is 22.4 Å². The van der Waals surface area contributed by atoms with Gasteiger partial charge in [-0.1, -0.05) is 6.92 Å². The summed E-state index contributed by atoms with van der Waals surface area (Å²) in [6.45, 7) is 4.93. The van der Waals surface area contributed by atoms with Crippen molar-refractivity contribution in [2.45, 2.75) is 57.5 Å². The summed E-state index contributed by atoms with van der Waals surface area (Å²) < 4.78 is 0. The second kappa shape index (κ2) is 7.06. The minimum atomic E-state index is 0.0995. The van der Waals surface area contributed by atoms with Crippen molar-refractivity contribution in [3.63, 3.8) is 0 Å². The van der Waals surface area contributed by atoms with E-state index in [0.717, 1.165) is 19.4 Å². The number of carbonyl (C=O) groups excluding carboxylic acids is 1. The summed E-state index contributed by atoms with van der Waals surface area (Å²) in [5.74, 6) is 0.682. The lowest BCUT2D eigenvalue weighted by molar-refractivity contribution is -0.119. The van der Waals surface area contributed by atoms with E-state index in [0.29, 0.717) is 18.0 Å². The van der Waals surface area contributed by atoms with Crippen LogP contribution < -0.4 is 10.6 Å². The third-order valence-electron chi connectivity index (χ3n) is 3.96. The number of rotatable bonds is 5. The molecule has 4 heteroatoms. The van der Waals surface area contributed by atoms with Gasteiger partial charge in [0.1, 0.15) is 0 Å². The molecule has 0 unspecified atom stereocenters. The number of hydrogen-bond donors (Lipinski definition) is 2. The highest BCUT2D eigenvalue weighted by molar-refractivity contribution is 7.07. The van der Waals surface area contributed by atoms with Gasteiger partial charge in [0.05, 0.1) is 0 Å². The lowest BCUT2D eigenvalue weighted by Crippen LogP contribution is -2.42. The van der Waals surface area contributed by atoms with E-state index in [9.17, 15) is 4.79 Å². The SMILES string of the molecule is CC(=O)NC1CCC(NC[C@@H](C)c2ccsc2)CC1. The fraction of sp³-hybridized carbons (Fsp3) is 0.667. The Kier molecular flexibility index (Phi) is 5.40. The van der Waals surface area contributed by atoms with Crippen molar-refractivity contribution in [1.29, 1.82) is 0 Å². The summed E-state index contributed by atoms with van der Waals surface area (Å²) in [6, 6.07) is 3.22. The predicted octanol–water partition coefficient (Wildman–Crippen LogP) is 2.89. The van der Waals surface area contributed by atoms with Crippen molar-refractivity contribution in [1.82, 2.24) is 10.6 Å². The molecule has 106 valence electrons. The van der Waals surface area contributed by atoms with Gasteiger partial charge in [-0.2, -0.15) is 11.3 Å². The van der Waals surface area contributed by atoms with Gasteiger partial charge < -0.3 is 10.6 Å². The van der Waals surface area contributed by atoms with Crippen LogP contribution in [0.3, 0.4) is 0 Å². The lowest BCUT2D eigenvalue weighted by atomic mass is 9.90. The molecule has 2 rings (SSSR count). The number of carbonyl (C=O) groups is 1. The first kappa shape index (κ1) is 14.5. The summed E-state index contributed by atoms with van der Waals surface area (Å²) in [7, 11) is 0. The summed E-state index contributed by atoms with van der Waals surface area (Å²) in [5, 5.41) is 11.1. The minimum absolute atomic E-state index is 0.0995. The van der Waals surface area contributed by atoms with Crippen molar-refractivity contribution in [3.8, 4) is 0 Å². The predicted molar refractivity (Wildman–Crippen MR) is 80.6 cm³/mol. The Morgan fingerprint density at radius 3 is 2.63 bits per heavy atom. The highest BCUT2D eigenvalue weighted by Gasteiger charge is 2.21. The van der Waals surface area contributed by atoms with Crippen LogP contribution in [0.2, 0.25) is 0 Å². The van der Waals surface area contributed by atoms with E-state index in [2.05, 4.69) is 34.4 Å². The van der Waals surface area contributed by atoms with Crippen LogP contribution in [0.25, 0.3) is 0 Å². The van der Waals surface area contributed by atoms with Crippen molar-refractivity contribution < 1.29 is 4.79 Å². The Labute approximate surface area is 119 Å². The first-order valence-corrected chi connectivity index (χ1v) is 8.12. The zero-order valence-electron chi connectivity index (χ0n) is 11.8. The molecule has 0 aromatic carbocycles. The van der Waals surface area contributed by atoms with Crippen molar-refractivity contribution >= 4 is 17.2 Å². The van der Waals surface area contributed by atoms with Crippen LogP contribution in [-0.4, -0.2) is 24.5 Å². The third kappa shape index (κ3) is 4.62. The molecular formula is C15H24N2OS. The standard InChI is InChI=1S/C15H24N2OS/c1-11(13-7-8-19-10-13)9-16-14-3-5-15(6-4-14)17-12(2)18/h7-8,10-11,14-16H,3-6,9H2,1-2H3,(H,17,18)/t11-,14?,15?/m1/s1. The van der Waals surface area contributed by atoms with E-state index in [-0.39, 0.29) is 5.91 Å². The molecule has 1 heterocycles. The van der Waals surface area contributed by atoms with Crippen LogP contribution >= 0.6 is 11.3 Å². The molecule has 1 aromatic heterocycles. The van der Waals surface area contributed by atoms with E-state index in [1.165, 1.54) is 18.4 Å². The molecule has 2 N–H and O–H groups in total. The van der Waals surface area contributed by atoms with Gasteiger partial charge in [0.2, 0.25) is 5.91 Å². The van der Waals surface area contributed by atoms with Crippen LogP contribution in [-0.2, 0) is 4.79 Å². The lowest BCUT2D eigenvalue weighted by Gasteiger charge is -2.30. The summed E-state index contributed by atoms with van der Waals surface area (Å²) in [4.78, 5) is 11.0. The smallest absolute Gasteiger partial charge is 0.217 e. The van der Waals surface area contributed by atoms with Gasteiger partial charge in [-0.05, 0) is 54.0 Å². The Morgan fingerprint density at radius 2 is 2.05 bits per heavy atom. The molecule has 1 fully saturated rings.